The van der Waals surface area contributed by atoms with Gasteiger partial charge in [0.2, 0.25) is 5.91 Å². The number of rotatable bonds is 1. The van der Waals surface area contributed by atoms with E-state index in [1.807, 2.05) is 12.1 Å². The molecule has 1 aromatic rings. The molecule has 3 atom stereocenters. The summed E-state index contributed by atoms with van der Waals surface area (Å²) in [5.74, 6) is -0.957. The number of hydrogen-bond donors (Lipinski definition) is 0. The topological polar surface area (TPSA) is 49.9 Å². The van der Waals surface area contributed by atoms with Crippen molar-refractivity contribution in [3.05, 3.63) is 34.9 Å². The zero-order valence-electron chi connectivity index (χ0n) is 10.5. The monoisotopic (exact) mass is 280 g/mol. The van der Waals surface area contributed by atoms with Crippen molar-refractivity contribution in [2.75, 3.05) is 14.1 Å². The number of amides is 2. The van der Waals surface area contributed by atoms with Crippen LogP contribution in [0.15, 0.2) is 24.3 Å². The Bertz CT molecular complexity index is 545. The molecular formula is C13H13ClN2O3. The minimum atomic E-state index is -0.705. The maximum Gasteiger partial charge on any atom is 0.261 e. The van der Waals surface area contributed by atoms with E-state index in [1.54, 1.807) is 24.2 Å². The summed E-state index contributed by atoms with van der Waals surface area (Å²) in [6.45, 7) is 0. The molecule has 0 radical (unpaired) electrons. The van der Waals surface area contributed by atoms with Crippen LogP contribution in [-0.4, -0.2) is 42.0 Å². The second kappa shape index (κ2) is 4.30. The van der Waals surface area contributed by atoms with Gasteiger partial charge in [0.1, 0.15) is 0 Å². The maximum absolute atomic E-state index is 12.2. The molecule has 0 N–H and O–H groups in total. The fourth-order valence-electron chi connectivity index (χ4n) is 2.77. The first-order valence-electron chi connectivity index (χ1n) is 5.97. The lowest BCUT2D eigenvalue weighted by atomic mass is 9.91. The van der Waals surface area contributed by atoms with Gasteiger partial charge in [-0.3, -0.25) is 19.3 Å². The number of fused-ring (bicyclic) bond motifs is 1. The Balaban J connectivity index is 2.00. The molecule has 100 valence electrons. The van der Waals surface area contributed by atoms with Gasteiger partial charge in [0, 0.05) is 19.1 Å². The van der Waals surface area contributed by atoms with Crippen LogP contribution in [0.1, 0.15) is 11.6 Å². The molecule has 0 unspecified atom stereocenters. The minimum absolute atomic E-state index is 0.195. The summed E-state index contributed by atoms with van der Waals surface area (Å²) in [5.41, 5.74) is 0.913. The zero-order chi connectivity index (χ0) is 13.7. The van der Waals surface area contributed by atoms with Gasteiger partial charge >= 0.3 is 0 Å². The highest BCUT2D eigenvalue weighted by atomic mass is 35.5. The number of hydrogen-bond acceptors (Lipinski definition) is 4. The lowest BCUT2D eigenvalue weighted by molar-refractivity contribution is -0.168. The number of hydroxylamine groups is 2. The van der Waals surface area contributed by atoms with E-state index >= 15 is 0 Å². The van der Waals surface area contributed by atoms with Crippen LogP contribution in [-0.2, 0) is 14.4 Å². The predicted octanol–water partition coefficient (Wildman–Crippen LogP) is 1.24. The van der Waals surface area contributed by atoms with Crippen molar-refractivity contribution in [3.8, 4) is 0 Å². The lowest BCUT2D eigenvalue weighted by Crippen LogP contribution is -2.33. The first kappa shape index (κ1) is 12.6. The molecule has 3 rings (SSSR count). The largest absolute Gasteiger partial charge is 0.284 e. The highest BCUT2D eigenvalue weighted by molar-refractivity contribution is 6.30. The molecule has 0 aliphatic carbocycles. The molecular weight excluding hydrogens is 268 g/mol. The van der Waals surface area contributed by atoms with E-state index in [4.69, 9.17) is 16.4 Å². The maximum atomic E-state index is 12.2. The fourth-order valence-corrected chi connectivity index (χ4v) is 2.89. The zero-order valence-corrected chi connectivity index (χ0v) is 11.3. The highest BCUT2D eigenvalue weighted by Gasteiger charge is 2.57. The third kappa shape index (κ3) is 1.77. The lowest BCUT2D eigenvalue weighted by Gasteiger charge is -2.22. The highest BCUT2D eigenvalue weighted by Crippen LogP contribution is 2.43. The Kier molecular flexibility index (Phi) is 2.85. The van der Waals surface area contributed by atoms with Gasteiger partial charge < -0.3 is 0 Å². The number of likely N-dealkylation sites (N-methyl/N-ethyl adjacent to an activating group) is 1. The number of likely N-dealkylation sites (tertiary alicyclic amines) is 1. The van der Waals surface area contributed by atoms with Crippen molar-refractivity contribution >= 4 is 23.4 Å². The molecule has 6 heteroatoms. The standard InChI is InChI=1S/C13H13ClN2O3/c1-15-12(17)9-10(7-3-5-8(14)6-4-7)16(2)19-11(9)13(15)18/h3-6,9-11H,1-2H3/t9-,10+,11+/m0/s1. The van der Waals surface area contributed by atoms with Crippen LogP contribution < -0.4 is 0 Å². The van der Waals surface area contributed by atoms with Crippen LogP contribution in [0.2, 0.25) is 5.02 Å². The van der Waals surface area contributed by atoms with Gasteiger partial charge in [-0.1, -0.05) is 23.7 Å². The molecule has 2 fully saturated rings. The molecule has 0 spiro atoms. The van der Waals surface area contributed by atoms with Gasteiger partial charge in [0.15, 0.2) is 6.10 Å². The fraction of sp³-hybridized carbons (Fsp3) is 0.385. The van der Waals surface area contributed by atoms with Crippen molar-refractivity contribution in [3.63, 3.8) is 0 Å². The molecule has 0 saturated carbocycles. The molecule has 1 aromatic carbocycles. The summed E-state index contributed by atoms with van der Waals surface area (Å²) in [7, 11) is 3.23. The molecule has 5 nitrogen and oxygen atoms in total. The van der Waals surface area contributed by atoms with Crippen molar-refractivity contribution in [2.45, 2.75) is 12.1 Å². The second-order valence-electron chi connectivity index (χ2n) is 4.83. The first-order valence-corrected chi connectivity index (χ1v) is 6.35. The molecule has 2 aliphatic rings. The predicted molar refractivity (Wildman–Crippen MR) is 68.1 cm³/mol. The summed E-state index contributed by atoms with van der Waals surface area (Å²) >= 11 is 5.87. The van der Waals surface area contributed by atoms with Gasteiger partial charge in [0.25, 0.3) is 5.91 Å². The van der Waals surface area contributed by atoms with Crippen LogP contribution in [0, 0.1) is 5.92 Å². The summed E-state index contributed by atoms with van der Waals surface area (Å²) in [6, 6.07) is 6.98. The van der Waals surface area contributed by atoms with Crippen LogP contribution in [0.4, 0.5) is 0 Å². The van der Waals surface area contributed by atoms with E-state index in [9.17, 15) is 9.59 Å². The summed E-state index contributed by atoms with van der Waals surface area (Å²) in [4.78, 5) is 30.7. The number of imide groups is 1. The van der Waals surface area contributed by atoms with Crippen LogP contribution in [0.5, 0.6) is 0 Å². The third-order valence-corrected chi connectivity index (χ3v) is 3.99. The SMILES string of the molecule is CN1C(=O)[C@H]2[C@@H](c3ccc(Cl)cc3)N(C)O[C@H]2C1=O. The quantitative estimate of drug-likeness (QED) is 0.727. The Labute approximate surface area is 115 Å². The average molecular weight is 281 g/mol. The van der Waals surface area contributed by atoms with Gasteiger partial charge in [0.05, 0.1) is 12.0 Å². The Morgan fingerprint density at radius 1 is 1.11 bits per heavy atom. The van der Waals surface area contributed by atoms with Crippen LogP contribution >= 0.6 is 11.6 Å². The molecule has 0 aromatic heterocycles. The van der Waals surface area contributed by atoms with E-state index in [0.29, 0.717) is 5.02 Å². The normalized spacial score (nSPS) is 31.1. The van der Waals surface area contributed by atoms with E-state index in [2.05, 4.69) is 0 Å². The number of carbonyl (C=O) groups is 2. The molecule has 2 aliphatic heterocycles. The number of carbonyl (C=O) groups excluding carboxylic acids is 2. The molecule has 0 bridgehead atoms. The summed E-state index contributed by atoms with van der Waals surface area (Å²) in [6.07, 6.45) is -0.705. The van der Waals surface area contributed by atoms with Crippen molar-refractivity contribution in [2.24, 2.45) is 5.92 Å². The number of nitrogens with zero attached hydrogens (tertiary/aromatic N) is 2. The number of benzene rings is 1. The summed E-state index contributed by atoms with van der Waals surface area (Å²) in [5, 5.41) is 2.22. The molecule has 2 saturated heterocycles. The van der Waals surface area contributed by atoms with Crippen molar-refractivity contribution in [1.29, 1.82) is 0 Å². The van der Waals surface area contributed by atoms with Crippen LogP contribution in [0.3, 0.4) is 0 Å². The van der Waals surface area contributed by atoms with Gasteiger partial charge in [-0.25, -0.2) is 0 Å². The van der Waals surface area contributed by atoms with Gasteiger partial charge in [-0.15, -0.1) is 0 Å². The van der Waals surface area contributed by atoms with Gasteiger partial charge in [-0.05, 0) is 17.7 Å². The Hall–Kier alpha value is -1.43. The molecule has 2 amide bonds. The smallest absolute Gasteiger partial charge is 0.261 e. The van der Waals surface area contributed by atoms with Crippen molar-refractivity contribution < 1.29 is 14.4 Å². The molecule has 19 heavy (non-hydrogen) atoms. The third-order valence-electron chi connectivity index (χ3n) is 3.74. The second-order valence-corrected chi connectivity index (χ2v) is 5.27. The van der Waals surface area contributed by atoms with E-state index in [1.165, 1.54) is 7.05 Å². The van der Waals surface area contributed by atoms with Gasteiger partial charge in [-0.2, -0.15) is 5.06 Å². The van der Waals surface area contributed by atoms with E-state index in [-0.39, 0.29) is 17.9 Å². The van der Waals surface area contributed by atoms with Crippen LogP contribution in [0.25, 0.3) is 0 Å². The minimum Gasteiger partial charge on any atom is -0.284 e. The Morgan fingerprint density at radius 3 is 2.37 bits per heavy atom. The number of halogens is 1. The average Bonchev–Trinajstić information content (AvgIpc) is 2.83. The van der Waals surface area contributed by atoms with Crippen molar-refractivity contribution in [1.82, 2.24) is 9.96 Å². The van der Waals surface area contributed by atoms with E-state index < -0.39 is 12.0 Å². The first-order chi connectivity index (χ1) is 9.00. The molecule has 2 heterocycles. The van der Waals surface area contributed by atoms with E-state index in [0.717, 1.165) is 10.5 Å². The Morgan fingerprint density at radius 2 is 1.74 bits per heavy atom. The summed E-state index contributed by atoms with van der Waals surface area (Å²) < 4.78 is 0.